The Morgan fingerprint density at radius 2 is 2.19 bits per heavy atom. The van der Waals surface area contributed by atoms with Gasteiger partial charge in [0.1, 0.15) is 5.69 Å². The molecule has 5 nitrogen and oxygen atoms in total. The van der Waals surface area contributed by atoms with Crippen LogP contribution in [0.3, 0.4) is 0 Å². The van der Waals surface area contributed by atoms with Crippen molar-refractivity contribution >= 4 is 11.4 Å². The third-order valence-corrected chi connectivity index (χ3v) is 4.45. The van der Waals surface area contributed by atoms with Gasteiger partial charge in [-0.1, -0.05) is 19.4 Å². The molecule has 0 radical (unpaired) electrons. The monoisotopic (exact) mass is 291 g/mol. The minimum Gasteiger partial charge on any atom is -0.383 e. The van der Waals surface area contributed by atoms with Gasteiger partial charge >= 0.3 is 0 Å². The minimum atomic E-state index is -0.340. The Bertz CT molecular complexity index is 490. The van der Waals surface area contributed by atoms with Gasteiger partial charge in [0, 0.05) is 19.7 Å². The fourth-order valence-corrected chi connectivity index (χ4v) is 3.09. The molecule has 0 spiro atoms. The van der Waals surface area contributed by atoms with Crippen LogP contribution in [-0.2, 0) is 6.54 Å². The maximum Gasteiger partial charge on any atom is 0.292 e. The number of hydrogen-bond acceptors (Lipinski definition) is 4. The Morgan fingerprint density at radius 1 is 1.38 bits per heavy atom. The van der Waals surface area contributed by atoms with Crippen molar-refractivity contribution in [3.05, 3.63) is 33.9 Å². The van der Waals surface area contributed by atoms with Gasteiger partial charge in [0.25, 0.3) is 5.69 Å². The first-order valence-electron chi connectivity index (χ1n) is 7.81. The van der Waals surface area contributed by atoms with Crippen LogP contribution >= 0.6 is 0 Å². The number of benzene rings is 1. The van der Waals surface area contributed by atoms with Gasteiger partial charge in [0.15, 0.2) is 0 Å². The summed E-state index contributed by atoms with van der Waals surface area (Å²) in [4.78, 5) is 13.1. The zero-order valence-electron chi connectivity index (χ0n) is 13.0. The molecule has 5 heteroatoms. The molecule has 1 heterocycles. The molecule has 0 aliphatic carbocycles. The van der Waals surface area contributed by atoms with Crippen LogP contribution in [-0.4, -0.2) is 30.0 Å². The molecule has 1 aliphatic heterocycles. The molecule has 0 saturated carbocycles. The lowest BCUT2D eigenvalue weighted by Gasteiger charge is -2.20. The van der Waals surface area contributed by atoms with E-state index >= 15 is 0 Å². The van der Waals surface area contributed by atoms with Gasteiger partial charge in [-0.05, 0) is 49.9 Å². The first kappa shape index (κ1) is 15.8. The van der Waals surface area contributed by atoms with Crippen LogP contribution in [0.1, 0.15) is 38.2 Å². The highest BCUT2D eigenvalue weighted by Crippen LogP contribution is 2.26. The Kier molecular flexibility index (Phi) is 5.56. The highest BCUT2D eigenvalue weighted by Gasteiger charge is 2.17. The topological polar surface area (TPSA) is 58.4 Å². The lowest BCUT2D eigenvalue weighted by Crippen LogP contribution is -2.24. The van der Waals surface area contributed by atoms with E-state index in [2.05, 4.69) is 17.1 Å². The first-order chi connectivity index (χ1) is 10.1. The molecule has 1 fully saturated rings. The molecule has 0 bridgehead atoms. The van der Waals surface area contributed by atoms with Gasteiger partial charge in [-0.3, -0.25) is 15.0 Å². The normalized spacial score (nSPS) is 20.0. The van der Waals surface area contributed by atoms with Crippen LogP contribution < -0.4 is 5.32 Å². The Hall–Kier alpha value is -1.62. The van der Waals surface area contributed by atoms with E-state index in [-0.39, 0.29) is 10.6 Å². The first-order valence-corrected chi connectivity index (χ1v) is 7.81. The molecule has 0 amide bonds. The van der Waals surface area contributed by atoms with Gasteiger partial charge in [-0.25, -0.2) is 0 Å². The SMILES string of the molecule is CCC1CCCN(Cc2ccc([N+](=O)[O-])c(NC)c2)CC1. The summed E-state index contributed by atoms with van der Waals surface area (Å²) in [6.45, 7) is 5.41. The van der Waals surface area contributed by atoms with Gasteiger partial charge in [-0.2, -0.15) is 0 Å². The van der Waals surface area contributed by atoms with Gasteiger partial charge in [-0.15, -0.1) is 0 Å². The van der Waals surface area contributed by atoms with Crippen molar-refractivity contribution < 1.29 is 4.92 Å². The lowest BCUT2D eigenvalue weighted by atomic mass is 9.98. The molecule has 1 aromatic rings. The molecule has 116 valence electrons. The van der Waals surface area contributed by atoms with Crippen LogP contribution in [0.5, 0.6) is 0 Å². The van der Waals surface area contributed by atoms with Crippen molar-refractivity contribution in [2.45, 2.75) is 39.2 Å². The molecule has 1 atom stereocenters. The second kappa shape index (κ2) is 7.41. The van der Waals surface area contributed by atoms with E-state index in [1.807, 2.05) is 12.1 Å². The van der Waals surface area contributed by atoms with Crippen molar-refractivity contribution in [2.24, 2.45) is 5.92 Å². The molecule has 2 rings (SSSR count). The second-order valence-electron chi connectivity index (χ2n) is 5.84. The van der Waals surface area contributed by atoms with Crippen LogP contribution in [0.4, 0.5) is 11.4 Å². The van der Waals surface area contributed by atoms with E-state index in [0.29, 0.717) is 5.69 Å². The smallest absolute Gasteiger partial charge is 0.292 e. The number of hydrogen-bond donors (Lipinski definition) is 1. The number of nitrogens with one attached hydrogen (secondary N) is 1. The third kappa shape index (κ3) is 4.17. The molecule has 0 aromatic heterocycles. The summed E-state index contributed by atoms with van der Waals surface area (Å²) in [6, 6.07) is 5.38. The summed E-state index contributed by atoms with van der Waals surface area (Å²) in [5.41, 5.74) is 1.88. The zero-order chi connectivity index (χ0) is 15.2. The summed E-state index contributed by atoms with van der Waals surface area (Å²) in [5, 5.41) is 13.9. The summed E-state index contributed by atoms with van der Waals surface area (Å²) >= 11 is 0. The molecular weight excluding hydrogens is 266 g/mol. The number of likely N-dealkylation sites (tertiary alicyclic amines) is 1. The van der Waals surface area contributed by atoms with Gasteiger partial charge in [0.05, 0.1) is 4.92 Å². The standard InChI is InChI=1S/C16H25N3O2/c1-3-13-5-4-9-18(10-8-13)12-14-6-7-16(19(20)21)15(11-14)17-2/h6-7,11,13,17H,3-5,8-10,12H2,1-2H3. The number of nitro groups is 1. The maximum absolute atomic E-state index is 11.0. The molecule has 1 saturated heterocycles. The predicted molar refractivity (Wildman–Crippen MR) is 85.6 cm³/mol. The molecular formula is C16H25N3O2. The number of rotatable bonds is 5. The van der Waals surface area contributed by atoms with Crippen molar-refractivity contribution in [1.82, 2.24) is 4.90 Å². The maximum atomic E-state index is 11.0. The highest BCUT2D eigenvalue weighted by molar-refractivity contribution is 5.62. The van der Waals surface area contributed by atoms with Crippen LogP contribution in [0, 0.1) is 16.0 Å². The average Bonchev–Trinajstić information content (AvgIpc) is 2.72. The van der Waals surface area contributed by atoms with E-state index in [0.717, 1.165) is 31.1 Å². The zero-order valence-corrected chi connectivity index (χ0v) is 13.0. The summed E-state index contributed by atoms with van der Waals surface area (Å²) < 4.78 is 0. The van der Waals surface area contributed by atoms with E-state index in [1.165, 1.54) is 25.7 Å². The van der Waals surface area contributed by atoms with Crippen molar-refractivity contribution in [1.29, 1.82) is 0 Å². The van der Waals surface area contributed by atoms with Gasteiger partial charge < -0.3 is 5.32 Å². The van der Waals surface area contributed by atoms with Crippen LogP contribution in [0.2, 0.25) is 0 Å². The van der Waals surface area contributed by atoms with Crippen molar-refractivity contribution in [3.63, 3.8) is 0 Å². The van der Waals surface area contributed by atoms with E-state index < -0.39 is 0 Å². The van der Waals surface area contributed by atoms with Crippen molar-refractivity contribution in [2.75, 3.05) is 25.5 Å². The molecule has 21 heavy (non-hydrogen) atoms. The molecule has 1 N–H and O–H groups in total. The Balaban J connectivity index is 2.04. The van der Waals surface area contributed by atoms with E-state index in [1.54, 1.807) is 13.1 Å². The van der Waals surface area contributed by atoms with Crippen LogP contribution in [0.15, 0.2) is 18.2 Å². The molecule has 1 aliphatic rings. The fraction of sp³-hybridized carbons (Fsp3) is 0.625. The van der Waals surface area contributed by atoms with Crippen molar-refractivity contribution in [3.8, 4) is 0 Å². The van der Waals surface area contributed by atoms with E-state index in [9.17, 15) is 10.1 Å². The van der Waals surface area contributed by atoms with Crippen LogP contribution in [0.25, 0.3) is 0 Å². The number of nitrogens with zero attached hydrogens (tertiary/aromatic N) is 2. The number of nitro benzene ring substituents is 1. The minimum absolute atomic E-state index is 0.142. The quantitative estimate of drug-likeness (QED) is 0.664. The summed E-state index contributed by atoms with van der Waals surface area (Å²) in [6.07, 6.45) is 5.12. The Labute approximate surface area is 126 Å². The third-order valence-electron chi connectivity index (χ3n) is 4.45. The summed E-state index contributed by atoms with van der Waals surface area (Å²) in [7, 11) is 1.73. The predicted octanol–water partition coefficient (Wildman–Crippen LogP) is 3.65. The number of anilines is 1. The molecule has 1 aromatic carbocycles. The van der Waals surface area contributed by atoms with E-state index in [4.69, 9.17) is 0 Å². The second-order valence-corrected chi connectivity index (χ2v) is 5.84. The summed E-state index contributed by atoms with van der Waals surface area (Å²) in [5.74, 6) is 0.861. The fourth-order valence-electron chi connectivity index (χ4n) is 3.09. The average molecular weight is 291 g/mol. The molecule has 1 unspecified atom stereocenters. The highest BCUT2D eigenvalue weighted by atomic mass is 16.6. The van der Waals surface area contributed by atoms with Gasteiger partial charge in [0.2, 0.25) is 0 Å². The largest absolute Gasteiger partial charge is 0.383 e. The Morgan fingerprint density at radius 3 is 2.86 bits per heavy atom. The lowest BCUT2D eigenvalue weighted by molar-refractivity contribution is -0.384.